The number of aromatic amines is 1. The average Bonchev–Trinajstić information content (AvgIpc) is 3.34. The number of nitrogens with zero attached hydrogens (tertiary/aromatic N) is 4. The molecule has 9 nitrogen and oxygen atoms in total. The van der Waals surface area contributed by atoms with Gasteiger partial charge in [-0.3, -0.25) is 13.9 Å². The Kier molecular flexibility index (Phi) is 6.08. The van der Waals surface area contributed by atoms with Crippen LogP contribution in [0.5, 0.6) is 0 Å². The van der Waals surface area contributed by atoms with Crippen LogP contribution in [0.3, 0.4) is 0 Å². The summed E-state index contributed by atoms with van der Waals surface area (Å²) in [7, 11) is 0.399. The maximum Gasteiger partial charge on any atom is 0.234 e. The summed E-state index contributed by atoms with van der Waals surface area (Å²) in [4.78, 5) is 22.8. The van der Waals surface area contributed by atoms with Crippen molar-refractivity contribution >= 4 is 32.1 Å². The Labute approximate surface area is 151 Å². The van der Waals surface area contributed by atoms with E-state index in [1.165, 1.54) is 4.57 Å². The Morgan fingerprint density at radius 2 is 2.44 bits per heavy atom. The number of hydrogen-bond donors (Lipinski definition) is 2. The summed E-state index contributed by atoms with van der Waals surface area (Å²) in [6.07, 6.45) is 7.12. The molecule has 1 saturated heterocycles. The lowest BCUT2D eigenvalue weighted by atomic mass is 10.2. The molecule has 3 unspecified atom stereocenters. The van der Waals surface area contributed by atoms with E-state index in [0.717, 1.165) is 18.5 Å². The Morgan fingerprint density at radius 1 is 1.60 bits per heavy atom. The van der Waals surface area contributed by atoms with Crippen molar-refractivity contribution < 1.29 is 18.6 Å². The van der Waals surface area contributed by atoms with Gasteiger partial charge in [0.25, 0.3) is 0 Å². The number of nitrogens with one attached hydrogen (secondary N) is 1. The molecule has 1 N–H and O–H groups in total. The van der Waals surface area contributed by atoms with Crippen molar-refractivity contribution in [3.05, 3.63) is 30.0 Å². The van der Waals surface area contributed by atoms with Gasteiger partial charge in [-0.2, -0.15) is 4.99 Å². The lowest BCUT2D eigenvalue weighted by Crippen LogP contribution is -2.18. The van der Waals surface area contributed by atoms with Gasteiger partial charge in [-0.15, -0.1) is 0 Å². The molecule has 3 heterocycles. The maximum absolute atomic E-state index is 11.0. The minimum absolute atomic E-state index is 0.0294. The average molecular weight is 385 g/mol. The Morgan fingerprint density at radius 3 is 3.20 bits per heavy atom. The van der Waals surface area contributed by atoms with E-state index in [1.807, 2.05) is 11.5 Å². The van der Waals surface area contributed by atoms with Crippen LogP contribution >= 0.6 is 19.8 Å². The van der Waals surface area contributed by atoms with Crippen LogP contribution < -0.4 is 5.62 Å². The molecule has 0 aromatic carbocycles. The molecule has 25 heavy (non-hydrogen) atoms. The lowest BCUT2D eigenvalue weighted by Gasteiger charge is -2.17. The molecular weight excluding hydrogens is 365 g/mol. The molecule has 0 bridgehead atoms. The van der Waals surface area contributed by atoms with Crippen LogP contribution in [-0.2, 0) is 18.6 Å². The number of aromatic nitrogens is 4. The normalized spacial score (nSPS) is 22.4. The van der Waals surface area contributed by atoms with Crippen molar-refractivity contribution in [2.75, 3.05) is 13.7 Å². The van der Waals surface area contributed by atoms with E-state index in [4.69, 9.17) is 13.8 Å². The molecule has 1 aliphatic heterocycles. The third-order valence-corrected chi connectivity index (χ3v) is 5.40. The van der Waals surface area contributed by atoms with Gasteiger partial charge in [-0.1, -0.05) is 12.2 Å². The zero-order valence-electron chi connectivity index (χ0n) is 13.9. The van der Waals surface area contributed by atoms with Crippen molar-refractivity contribution in [2.24, 2.45) is 4.99 Å². The molecular formula is C14H20N5O4PS. The number of carbonyl (C=O) groups is 1. The van der Waals surface area contributed by atoms with Crippen LogP contribution in [0, 0.1) is 6.92 Å². The molecule has 2 aromatic rings. The smallest absolute Gasteiger partial charge is 0.234 e. The van der Waals surface area contributed by atoms with Crippen molar-refractivity contribution in [2.45, 2.75) is 32.1 Å². The molecule has 0 aliphatic carbocycles. The van der Waals surface area contributed by atoms with Crippen molar-refractivity contribution in [3.8, 4) is 0 Å². The highest BCUT2D eigenvalue weighted by Crippen LogP contribution is 2.43. The molecule has 0 radical (unpaired) electrons. The number of rotatable bonds is 7. The highest BCUT2D eigenvalue weighted by atomic mass is 32.7. The van der Waals surface area contributed by atoms with Gasteiger partial charge in [-0.25, -0.2) is 4.98 Å². The predicted octanol–water partition coefficient (Wildman–Crippen LogP) is 2.09. The third kappa shape index (κ3) is 4.21. The molecule has 0 spiro atoms. The van der Waals surface area contributed by atoms with Crippen LogP contribution in [0.25, 0.3) is 0 Å². The number of hydrogen-bond acceptors (Lipinski definition) is 7. The van der Waals surface area contributed by atoms with Crippen LogP contribution in [0.1, 0.15) is 24.8 Å². The minimum atomic E-state index is -1.16. The predicted molar refractivity (Wildman–Crippen MR) is 95.1 cm³/mol. The summed E-state index contributed by atoms with van der Waals surface area (Å²) >= 11 is 4.18. The second-order valence-electron chi connectivity index (χ2n) is 5.48. The van der Waals surface area contributed by atoms with Crippen LogP contribution in [0.4, 0.5) is 5.82 Å². The Balaban J connectivity index is 1.77. The molecule has 2 aromatic heterocycles. The van der Waals surface area contributed by atoms with Crippen molar-refractivity contribution in [1.82, 2.24) is 19.1 Å². The summed E-state index contributed by atoms with van der Waals surface area (Å²) in [6.45, 7) is 2.30. The number of imidazole rings is 2. The second kappa shape index (κ2) is 8.29. The monoisotopic (exact) mass is 385 g/mol. The van der Waals surface area contributed by atoms with Gasteiger partial charge in [0, 0.05) is 19.5 Å². The number of H-pyrrole nitrogens is 1. The number of ether oxygens (including phenoxy) is 1. The van der Waals surface area contributed by atoms with Gasteiger partial charge < -0.3 is 18.8 Å². The molecule has 136 valence electrons. The number of carbonyl (C=O) groups excluding carboxylic acids is 1. The van der Waals surface area contributed by atoms with Gasteiger partial charge in [0.05, 0.1) is 24.7 Å². The van der Waals surface area contributed by atoms with E-state index >= 15 is 0 Å². The number of thiol groups is 1. The molecule has 0 saturated carbocycles. The third-order valence-electron chi connectivity index (χ3n) is 3.88. The topological polar surface area (TPSA) is 95.7 Å². The Hall–Kier alpha value is -1.45. The van der Waals surface area contributed by atoms with E-state index in [9.17, 15) is 4.79 Å². The molecule has 11 heteroatoms. The first-order valence-electron chi connectivity index (χ1n) is 7.72. The summed E-state index contributed by atoms with van der Waals surface area (Å²) in [6, 6.07) is 0. The van der Waals surface area contributed by atoms with E-state index < -0.39 is 7.58 Å². The summed E-state index contributed by atoms with van der Waals surface area (Å²) in [5.74, 6) is 0.651. The first-order chi connectivity index (χ1) is 12.1. The van der Waals surface area contributed by atoms with Crippen LogP contribution in [0.15, 0.2) is 23.7 Å². The van der Waals surface area contributed by atoms with E-state index in [0.29, 0.717) is 24.5 Å². The molecule has 1 aliphatic rings. The quantitative estimate of drug-likeness (QED) is 0.432. The van der Waals surface area contributed by atoms with Gasteiger partial charge in [0.15, 0.2) is 5.82 Å². The fourth-order valence-corrected chi connectivity index (χ4v) is 3.22. The summed E-state index contributed by atoms with van der Waals surface area (Å²) < 4.78 is 19.8. The van der Waals surface area contributed by atoms with Gasteiger partial charge in [0.2, 0.25) is 19.6 Å². The van der Waals surface area contributed by atoms with E-state index in [-0.39, 0.29) is 12.3 Å². The first-order valence-corrected chi connectivity index (χ1v) is 10.1. The molecule has 3 rings (SSSR count). The fourth-order valence-electron chi connectivity index (χ4n) is 2.62. The minimum Gasteiger partial charge on any atom is -0.352 e. The van der Waals surface area contributed by atoms with Crippen LogP contribution in [-0.4, -0.2) is 45.3 Å². The zero-order valence-corrected chi connectivity index (χ0v) is 15.7. The van der Waals surface area contributed by atoms with Gasteiger partial charge >= 0.3 is 0 Å². The van der Waals surface area contributed by atoms with E-state index in [1.54, 1.807) is 25.8 Å². The lowest BCUT2D eigenvalue weighted by molar-refractivity contribution is -0.0162. The molecule has 3 atom stereocenters. The van der Waals surface area contributed by atoms with Gasteiger partial charge in [0.1, 0.15) is 6.23 Å². The SMILES string of the molecule is COP(S)OCC1CCC(n2cnc(C)c2/N=c2/[nH]ccn2C=O)O1. The molecule has 0 amide bonds. The summed E-state index contributed by atoms with van der Waals surface area (Å²) in [5.41, 5.74) is 1.19. The standard InChI is InChI=1S/C14H20N5O4PS/c1-10-13(17-14-15-5-6-18(14)9-20)19(8-16-10)12-4-3-11(23-12)7-22-24(25)21-2/h5-6,8-9,11-12,25H,3-4,7H2,1-2H3,(H,15,17). The second-order valence-corrected chi connectivity index (χ2v) is 7.55. The highest BCUT2D eigenvalue weighted by Gasteiger charge is 2.29. The largest absolute Gasteiger partial charge is 0.352 e. The van der Waals surface area contributed by atoms with Crippen LogP contribution in [0.2, 0.25) is 0 Å². The first kappa shape index (κ1) is 18.3. The highest BCUT2D eigenvalue weighted by molar-refractivity contribution is 8.41. The van der Waals surface area contributed by atoms with Crippen molar-refractivity contribution in [3.63, 3.8) is 0 Å². The maximum atomic E-state index is 11.0. The number of aryl methyl sites for hydroxylation is 1. The summed E-state index contributed by atoms with van der Waals surface area (Å²) in [5, 5.41) is 0. The van der Waals surface area contributed by atoms with E-state index in [2.05, 4.69) is 27.2 Å². The zero-order chi connectivity index (χ0) is 17.8. The van der Waals surface area contributed by atoms with Gasteiger partial charge in [-0.05, 0) is 19.8 Å². The Bertz CT molecular complexity index is 788. The van der Waals surface area contributed by atoms with Crippen molar-refractivity contribution in [1.29, 1.82) is 0 Å². The molecule has 1 fully saturated rings. The fraction of sp³-hybridized carbons (Fsp3) is 0.500.